The smallest absolute Gasteiger partial charge is 0.235 e. The number of ether oxygens (including phenoxy) is 1. The van der Waals surface area contributed by atoms with Crippen LogP contribution in [-0.2, 0) is 6.42 Å². The molecule has 0 saturated carbocycles. The zero-order valence-corrected chi connectivity index (χ0v) is 11.1. The Morgan fingerprint density at radius 2 is 1.94 bits per heavy atom. The molecule has 0 fully saturated rings. The molecule has 16 heavy (non-hydrogen) atoms. The molecular formula is C12H19ClN2O. The van der Waals surface area contributed by atoms with E-state index in [4.69, 9.17) is 16.3 Å². The summed E-state index contributed by atoms with van der Waals surface area (Å²) in [4.78, 5) is 8.37. The summed E-state index contributed by atoms with van der Waals surface area (Å²) in [6, 6.07) is 0. The van der Waals surface area contributed by atoms with E-state index in [1.54, 1.807) is 19.5 Å². The molecule has 1 heterocycles. The second kappa shape index (κ2) is 5.48. The highest BCUT2D eigenvalue weighted by Gasteiger charge is 2.22. The van der Waals surface area contributed by atoms with Crippen LogP contribution in [0.15, 0.2) is 12.4 Å². The molecule has 0 spiro atoms. The first-order valence-electron chi connectivity index (χ1n) is 5.43. The molecule has 0 saturated heterocycles. The lowest BCUT2D eigenvalue weighted by atomic mass is 9.89. The number of rotatable bonds is 4. The molecule has 3 nitrogen and oxygen atoms in total. The van der Waals surface area contributed by atoms with Gasteiger partial charge in [0.15, 0.2) is 0 Å². The molecule has 1 rings (SSSR count). The number of hydrogen-bond donors (Lipinski definition) is 0. The predicted molar refractivity (Wildman–Crippen MR) is 66.0 cm³/mol. The average Bonchev–Trinajstić information content (AvgIpc) is 2.24. The van der Waals surface area contributed by atoms with E-state index < -0.39 is 0 Å². The average molecular weight is 243 g/mol. The standard InChI is InChI=1S/C12H19ClN2O/c1-12(2,3)10(13)6-5-9-11(16-4)15-8-7-14-9/h7-8,10H,5-6H2,1-4H3. The number of nitrogens with zero attached hydrogens (tertiary/aromatic N) is 2. The predicted octanol–water partition coefficient (Wildman–Crippen LogP) is 3.07. The van der Waals surface area contributed by atoms with Crippen molar-refractivity contribution in [1.82, 2.24) is 9.97 Å². The largest absolute Gasteiger partial charge is 0.480 e. The molecule has 0 bridgehead atoms. The zero-order valence-electron chi connectivity index (χ0n) is 10.3. The summed E-state index contributed by atoms with van der Waals surface area (Å²) in [5.41, 5.74) is 0.983. The lowest BCUT2D eigenvalue weighted by Gasteiger charge is -2.24. The molecular weight excluding hydrogens is 224 g/mol. The van der Waals surface area contributed by atoms with Gasteiger partial charge in [0.05, 0.1) is 7.11 Å². The first-order valence-corrected chi connectivity index (χ1v) is 5.86. The van der Waals surface area contributed by atoms with Gasteiger partial charge in [-0.15, -0.1) is 11.6 Å². The third-order valence-electron chi connectivity index (χ3n) is 2.50. The van der Waals surface area contributed by atoms with E-state index in [0.717, 1.165) is 18.5 Å². The van der Waals surface area contributed by atoms with Gasteiger partial charge in [-0.2, -0.15) is 0 Å². The molecule has 0 N–H and O–H groups in total. The van der Waals surface area contributed by atoms with Crippen molar-refractivity contribution in [3.05, 3.63) is 18.1 Å². The van der Waals surface area contributed by atoms with Crippen molar-refractivity contribution >= 4 is 11.6 Å². The van der Waals surface area contributed by atoms with Gasteiger partial charge in [-0.1, -0.05) is 20.8 Å². The Balaban J connectivity index is 2.61. The minimum atomic E-state index is 0.108. The summed E-state index contributed by atoms with van der Waals surface area (Å²) in [6.07, 6.45) is 4.98. The van der Waals surface area contributed by atoms with Gasteiger partial charge in [0, 0.05) is 17.8 Å². The van der Waals surface area contributed by atoms with Crippen LogP contribution in [0.4, 0.5) is 0 Å². The second-order valence-corrected chi connectivity index (χ2v) is 5.41. The van der Waals surface area contributed by atoms with E-state index in [-0.39, 0.29) is 10.8 Å². The van der Waals surface area contributed by atoms with Crippen LogP contribution in [-0.4, -0.2) is 22.5 Å². The normalized spacial score (nSPS) is 13.6. The Hall–Kier alpha value is -0.830. The van der Waals surface area contributed by atoms with Crippen LogP contribution in [0.25, 0.3) is 0 Å². The lowest BCUT2D eigenvalue weighted by Crippen LogP contribution is -2.21. The first-order chi connectivity index (χ1) is 7.45. The van der Waals surface area contributed by atoms with E-state index in [1.807, 2.05) is 0 Å². The summed E-state index contributed by atoms with van der Waals surface area (Å²) in [5, 5.41) is 0.124. The summed E-state index contributed by atoms with van der Waals surface area (Å²) < 4.78 is 5.15. The molecule has 90 valence electrons. The minimum absolute atomic E-state index is 0.108. The monoisotopic (exact) mass is 242 g/mol. The van der Waals surface area contributed by atoms with Gasteiger partial charge in [0.1, 0.15) is 5.69 Å². The minimum Gasteiger partial charge on any atom is -0.480 e. The summed E-state index contributed by atoms with van der Waals surface area (Å²) in [6.45, 7) is 6.41. The third kappa shape index (κ3) is 3.63. The van der Waals surface area contributed by atoms with Gasteiger partial charge in [0.25, 0.3) is 0 Å². The second-order valence-electron chi connectivity index (χ2n) is 4.88. The van der Waals surface area contributed by atoms with Gasteiger partial charge >= 0.3 is 0 Å². The molecule has 0 aromatic carbocycles. The van der Waals surface area contributed by atoms with Crippen molar-refractivity contribution in [3.63, 3.8) is 0 Å². The van der Waals surface area contributed by atoms with Crippen LogP contribution in [0.2, 0.25) is 0 Å². The fraction of sp³-hybridized carbons (Fsp3) is 0.667. The maximum absolute atomic E-state index is 6.31. The SMILES string of the molecule is COc1nccnc1CCC(Cl)C(C)(C)C. The lowest BCUT2D eigenvalue weighted by molar-refractivity contribution is 0.365. The maximum atomic E-state index is 6.31. The third-order valence-corrected chi connectivity index (χ3v) is 3.38. The fourth-order valence-electron chi connectivity index (χ4n) is 1.39. The van der Waals surface area contributed by atoms with Crippen LogP contribution in [0.3, 0.4) is 0 Å². The topological polar surface area (TPSA) is 35.0 Å². The van der Waals surface area contributed by atoms with Crippen LogP contribution in [0, 0.1) is 5.41 Å². The van der Waals surface area contributed by atoms with E-state index in [1.165, 1.54) is 0 Å². The number of halogens is 1. The van der Waals surface area contributed by atoms with Crippen LogP contribution >= 0.6 is 11.6 Å². The Morgan fingerprint density at radius 1 is 1.31 bits per heavy atom. The van der Waals surface area contributed by atoms with Gasteiger partial charge in [0.2, 0.25) is 5.88 Å². The van der Waals surface area contributed by atoms with E-state index >= 15 is 0 Å². The number of alkyl halides is 1. The summed E-state index contributed by atoms with van der Waals surface area (Å²) >= 11 is 6.31. The molecule has 0 aliphatic carbocycles. The molecule has 1 atom stereocenters. The van der Waals surface area contributed by atoms with Crippen LogP contribution in [0.1, 0.15) is 32.9 Å². The highest BCUT2D eigenvalue weighted by Crippen LogP contribution is 2.28. The molecule has 0 amide bonds. The summed E-state index contributed by atoms with van der Waals surface area (Å²) in [7, 11) is 1.61. The Labute approximate surface area is 102 Å². The zero-order chi connectivity index (χ0) is 12.2. The van der Waals surface area contributed by atoms with Crippen molar-refractivity contribution in [2.45, 2.75) is 39.0 Å². The highest BCUT2D eigenvalue weighted by atomic mass is 35.5. The number of methoxy groups -OCH3 is 1. The van der Waals surface area contributed by atoms with Crippen molar-refractivity contribution < 1.29 is 4.74 Å². The van der Waals surface area contributed by atoms with Crippen molar-refractivity contribution in [1.29, 1.82) is 0 Å². The maximum Gasteiger partial charge on any atom is 0.235 e. The molecule has 0 aliphatic rings. The van der Waals surface area contributed by atoms with Gasteiger partial charge in [-0.25, -0.2) is 4.98 Å². The first kappa shape index (κ1) is 13.2. The van der Waals surface area contributed by atoms with Crippen molar-refractivity contribution in [2.75, 3.05) is 7.11 Å². The Kier molecular flexibility index (Phi) is 4.54. The highest BCUT2D eigenvalue weighted by molar-refractivity contribution is 6.21. The van der Waals surface area contributed by atoms with Crippen LogP contribution < -0.4 is 4.74 Å². The molecule has 4 heteroatoms. The number of aryl methyl sites for hydroxylation is 1. The Bertz CT molecular complexity index is 336. The fourth-order valence-corrected chi connectivity index (χ4v) is 1.50. The van der Waals surface area contributed by atoms with Gasteiger partial charge in [-0.3, -0.25) is 4.98 Å². The van der Waals surface area contributed by atoms with E-state index in [0.29, 0.717) is 5.88 Å². The van der Waals surface area contributed by atoms with Gasteiger partial charge < -0.3 is 4.74 Å². The molecule has 0 radical (unpaired) electrons. The molecule has 0 aliphatic heterocycles. The number of aromatic nitrogens is 2. The number of hydrogen-bond acceptors (Lipinski definition) is 3. The van der Waals surface area contributed by atoms with Crippen molar-refractivity contribution in [3.8, 4) is 5.88 Å². The van der Waals surface area contributed by atoms with Crippen molar-refractivity contribution in [2.24, 2.45) is 5.41 Å². The molecule has 1 aromatic heterocycles. The van der Waals surface area contributed by atoms with Crippen LogP contribution in [0.5, 0.6) is 5.88 Å². The molecule has 1 unspecified atom stereocenters. The quantitative estimate of drug-likeness (QED) is 0.762. The van der Waals surface area contributed by atoms with Gasteiger partial charge in [-0.05, 0) is 18.3 Å². The Morgan fingerprint density at radius 3 is 2.50 bits per heavy atom. The van der Waals surface area contributed by atoms with E-state index in [2.05, 4.69) is 30.7 Å². The summed E-state index contributed by atoms with van der Waals surface area (Å²) in [5.74, 6) is 0.597. The van der Waals surface area contributed by atoms with E-state index in [9.17, 15) is 0 Å². The molecule has 1 aromatic rings.